The minimum atomic E-state index is -0.286. The highest BCUT2D eigenvalue weighted by atomic mass is 19.1. The summed E-state index contributed by atoms with van der Waals surface area (Å²) in [7, 11) is 3.98. The lowest BCUT2D eigenvalue weighted by Crippen LogP contribution is -2.20. The van der Waals surface area contributed by atoms with Crippen molar-refractivity contribution in [2.45, 2.75) is 12.0 Å². The van der Waals surface area contributed by atoms with Gasteiger partial charge in [-0.1, -0.05) is 6.08 Å². The van der Waals surface area contributed by atoms with E-state index in [0.717, 1.165) is 39.6 Å². The SMILES string of the molecule is CN(C)CCOc1c2c(cc3c1[nH]c1ccc(F)cc13)C1C=C(F)C=CC1N2. The first-order valence-electron chi connectivity index (χ1n) is 9.38. The molecule has 2 heterocycles. The molecule has 0 saturated carbocycles. The Morgan fingerprint density at radius 3 is 2.82 bits per heavy atom. The van der Waals surface area contributed by atoms with Gasteiger partial charge in [-0.3, -0.25) is 0 Å². The number of anilines is 1. The zero-order chi connectivity index (χ0) is 19.4. The van der Waals surface area contributed by atoms with Crippen LogP contribution in [0.25, 0.3) is 21.8 Å². The third kappa shape index (κ3) is 2.67. The summed E-state index contributed by atoms with van der Waals surface area (Å²) in [5.41, 5.74) is 3.53. The van der Waals surface area contributed by atoms with Crippen molar-refractivity contribution >= 4 is 27.5 Å². The number of rotatable bonds is 4. The Morgan fingerprint density at radius 2 is 2.00 bits per heavy atom. The molecule has 0 radical (unpaired) electrons. The van der Waals surface area contributed by atoms with Gasteiger partial charge in [0.05, 0.1) is 17.2 Å². The van der Waals surface area contributed by atoms with Crippen LogP contribution in [0.3, 0.4) is 0 Å². The van der Waals surface area contributed by atoms with E-state index in [1.807, 2.05) is 26.2 Å². The van der Waals surface area contributed by atoms with Gasteiger partial charge in [0, 0.05) is 28.8 Å². The number of likely N-dealkylation sites (N-methyl/N-ethyl adjacent to an activating group) is 1. The fraction of sp³-hybridized carbons (Fsp3) is 0.273. The maximum absolute atomic E-state index is 13.9. The van der Waals surface area contributed by atoms with Gasteiger partial charge in [-0.05, 0) is 56.1 Å². The summed E-state index contributed by atoms with van der Waals surface area (Å²) in [6.07, 6.45) is 4.97. The largest absolute Gasteiger partial charge is 0.488 e. The second-order valence-corrected chi connectivity index (χ2v) is 7.67. The molecule has 2 aliphatic rings. The molecule has 0 fully saturated rings. The Hall–Kier alpha value is -2.86. The summed E-state index contributed by atoms with van der Waals surface area (Å²) in [5, 5.41) is 5.17. The maximum Gasteiger partial charge on any atom is 0.166 e. The fourth-order valence-electron chi connectivity index (χ4n) is 4.12. The second-order valence-electron chi connectivity index (χ2n) is 7.67. The number of hydrogen-bond donors (Lipinski definition) is 2. The monoisotopic (exact) mass is 381 g/mol. The number of hydrogen-bond acceptors (Lipinski definition) is 3. The van der Waals surface area contributed by atoms with Crippen molar-refractivity contribution in [3.8, 4) is 5.75 Å². The summed E-state index contributed by atoms with van der Waals surface area (Å²) in [6, 6.07) is 6.72. The van der Waals surface area contributed by atoms with Crippen LogP contribution >= 0.6 is 0 Å². The van der Waals surface area contributed by atoms with Crippen LogP contribution in [0.5, 0.6) is 5.75 Å². The van der Waals surface area contributed by atoms with Crippen molar-refractivity contribution in [2.24, 2.45) is 0 Å². The third-order valence-electron chi connectivity index (χ3n) is 5.49. The molecule has 2 unspecified atom stereocenters. The molecule has 1 aromatic heterocycles. The van der Waals surface area contributed by atoms with E-state index in [0.29, 0.717) is 12.4 Å². The Bertz CT molecular complexity index is 1150. The smallest absolute Gasteiger partial charge is 0.166 e. The topological polar surface area (TPSA) is 40.3 Å². The van der Waals surface area contributed by atoms with Gasteiger partial charge in [-0.15, -0.1) is 0 Å². The van der Waals surface area contributed by atoms with Crippen molar-refractivity contribution in [1.82, 2.24) is 9.88 Å². The molecule has 0 bridgehead atoms. The lowest BCUT2D eigenvalue weighted by atomic mass is 9.90. The van der Waals surface area contributed by atoms with Gasteiger partial charge in [-0.25, -0.2) is 8.78 Å². The summed E-state index contributed by atoms with van der Waals surface area (Å²) in [4.78, 5) is 5.43. The van der Waals surface area contributed by atoms with E-state index in [9.17, 15) is 8.78 Å². The molecule has 5 rings (SSSR count). The summed E-state index contributed by atoms with van der Waals surface area (Å²) in [5.74, 6) is 0.0734. The molecule has 1 aliphatic heterocycles. The third-order valence-corrected chi connectivity index (χ3v) is 5.49. The number of nitrogens with one attached hydrogen (secondary N) is 2. The minimum absolute atomic E-state index is 0.0137. The summed E-state index contributed by atoms with van der Waals surface area (Å²) in [6.45, 7) is 1.28. The van der Waals surface area contributed by atoms with Gasteiger partial charge in [-0.2, -0.15) is 0 Å². The fourth-order valence-corrected chi connectivity index (χ4v) is 4.12. The number of H-pyrrole nitrogens is 1. The first-order chi connectivity index (χ1) is 13.5. The number of ether oxygens (including phenoxy) is 1. The average molecular weight is 381 g/mol. The number of aromatic amines is 1. The molecule has 6 heteroatoms. The summed E-state index contributed by atoms with van der Waals surface area (Å²) >= 11 is 0. The number of nitrogens with zero attached hydrogens (tertiary/aromatic N) is 1. The van der Waals surface area contributed by atoms with E-state index >= 15 is 0 Å². The Morgan fingerprint density at radius 1 is 1.14 bits per heavy atom. The number of halogens is 2. The molecule has 28 heavy (non-hydrogen) atoms. The van der Waals surface area contributed by atoms with E-state index in [-0.39, 0.29) is 23.6 Å². The molecule has 0 amide bonds. The van der Waals surface area contributed by atoms with Crippen molar-refractivity contribution in [3.63, 3.8) is 0 Å². The predicted molar refractivity (Wildman–Crippen MR) is 108 cm³/mol. The van der Waals surface area contributed by atoms with Crippen LogP contribution in [0.2, 0.25) is 0 Å². The standard InChI is InChI=1S/C22H21F2N3O/c1-27(2)7-8-28-22-20-16(14-9-12(23)3-5-18(14)25-20)11-17-15-10-13(24)4-6-19(15)26-21(17)22/h3-6,9-11,14,18,25-26H,7-8H2,1-2H3. The highest BCUT2D eigenvalue weighted by molar-refractivity contribution is 6.11. The number of fused-ring (bicyclic) bond motifs is 6. The lowest BCUT2D eigenvalue weighted by molar-refractivity contribution is 0.264. The van der Waals surface area contributed by atoms with E-state index in [1.54, 1.807) is 12.1 Å². The Labute approximate surface area is 161 Å². The maximum atomic E-state index is 13.9. The second kappa shape index (κ2) is 6.34. The normalized spacial score (nSPS) is 20.4. The number of benzene rings is 2. The van der Waals surface area contributed by atoms with Crippen LogP contribution in [-0.4, -0.2) is 43.2 Å². The van der Waals surface area contributed by atoms with Crippen LogP contribution in [0.1, 0.15) is 11.5 Å². The van der Waals surface area contributed by atoms with E-state index in [1.165, 1.54) is 18.2 Å². The molecular formula is C22H21F2N3O. The first kappa shape index (κ1) is 17.3. The van der Waals surface area contributed by atoms with Gasteiger partial charge in [0.25, 0.3) is 0 Å². The molecule has 0 saturated heterocycles. The molecule has 144 valence electrons. The van der Waals surface area contributed by atoms with Crippen molar-refractivity contribution < 1.29 is 13.5 Å². The van der Waals surface area contributed by atoms with Crippen LogP contribution in [0, 0.1) is 5.82 Å². The molecule has 2 aromatic carbocycles. The zero-order valence-corrected chi connectivity index (χ0v) is 15.7. The number of aromatic nitrogens is 1. The quantitative estimate of drug-likeness (QED) is 0.688. The predicted octanol–water partition coefficient (Wildman–Crippen LogP) is 4.70. The lowest BCUT2D eigenvalue weighted by Gasteiger charge is -2.16. The molecule has 4 nitrogen and oxygen atoms in total. The van der Waals surface area contributed by atoms with Gasteiger partial charge >= 0.3 is 0 Å². The van der Waals surface area contributed by atoms with Gasteiger partial charge in [0.15, 0.2) is 5.75 Å². The van der Waals surface area contributed by atoms with Gasteiger partial charge in [0.1, 0.15) is 18.3 Å². The van der Waals surface area contributed by atoms with E-state index in [4.69, 9.17) is 4.74 Å². The van der Waals surface area contributed by atoms with Crippen molar-refractivity contribution in [1.29, 1.82) is 0 Å². The number of allylic oxidation sites excluding steroid dienone is 2. The molecule has 1 aliphatic carbocycles. The Balaban J connectivity index is 1.72. The van der Waals surface area contributed by atoms with Crippen molar-refractivity contribution in [2.75, 3.05) is 32.6 Å². The van der Waals surface area contributed by atoms with Crippen LogP contribution < -0.4 is 10.1 Å². The minimum Gasteiger partial charge on any atom is -0.488 e. The summed E-state index contributed by atoms with van der Waals surface area (Å²) < 4.78 is 34.0. The van der Waals surface area contributed by atoms with Crippen molar-refractivity contribution in [3.05, 3.63) is 59.7 Å². The zero-order valence-electron chi connectivity index (χ0n) is 15.7. The highest BCUT2D eigenvalue weighted by Crippen LogP contribution is 2.49. The first-order valence-corrected chi connectivity index (χ1v) is 9.38. The van der Waals surface area contributed by atoms with Crippen LogP contribution in [-0.2, 0) is 0 Å². The van der Waals surface area contributed by atoms with Gasteiger partial charge in [0.2, 0.25) is 0 Å². The highest BCUT2D eigenvalue weighted by Gasteiger charge is 2.35. The molecular weight excluding hydrogens is 360 g/mol. The molecule has 2 atom stereocenters. The van der Waals surface area contributed by atoms with Gasteiger partial charge < -0.3 is 19.9 Å². The average Bonchev–Trinajstić information content (AvgIpc) is 3.19. The Kier molecular flexibility index (Phi) is 3.91. The van der Waals surface area contributed by atoms with Crippen LogP contribution in [0.15, 0.2) is 48.3 Å². The molecule has 3 aromatic rings. The van der Waals surface area contributed by atoms with E-state index in [2.05, 4.69) is 15.2 Å². The molecule has 0 spiro atoms. The molecule has 2 N–H and O–H groups in total. The van der Waals surface area contributed by atoms with Crippen LogP contribution in [0.4, 0.5) is 14.5 Å². The van der Waals surface area contributed by atoms with E-state index < -0.39 is 0 Å².